The molecule has 2 rings (SSSR count). The van der Waals surface area contributed by atoms with Gasteiger partial charge in [-0.2, -0.15) is 0 Å². The average molecular weight is 345 g/mol. The van der Waals surface area contributed by atoms with Gasteiger partial charge in [0.05, 0.1) is 0 Å². The molecule has 2 aromatic rings. The van der Waals surface area contributed by atoms with E-state index in [1.165, 1.54) is 0 Å². The van der Waals surface area contributed by atoms with Crippen LogP contribution in [0.2, 0.25) is 0 Å². The Balaban J connectivity index is 2.03. The molecule has 0 fully saturated rings. The van der Waals surface area contributed by atoms with Crippen LogP contribution >= 0.6 is 0 Å². The minimum absolute atomic E-state index is 0.0975. The number of carbonyl (C=O) groups excluding carboxylic acids is 2. The number of rotatable bonds is 10. The number of carbonyl (C=O) groups is 2. The summed E-state index contributed by atoms with van der Waals surface area (Å²) in [5.41, 5.74) is 2.15. The highest BCUT2D eigenvalue weighted by Gasteiger charge is 2.17. The summed E-state index contributed by atoms with van der Waals surface area (Å²) in [6.45, 7) is 12.8. The van der Waals surface area contributed by atoms with E-state index in [-0.39, 0.29) is 11.6 Å². The summed E-state index contributed by atoms with van der Waals surface area (Å²) >= 11 is 0. The first-order valence-corrected chi connectivity index (χ1v) is 8.41. The lowest BCUT2D eigenvalue weighted by molar-refractivity contribution is 0.102. The van der Waals surface area contributed by atoms with Gasteiger partial charge in [-0.1, -0.05) is 79.9 Å². The van der Waals surface area contributed by atoms with E-state index in [1.54, 1.807) is 30.3 Å². The minimum atomic E-state index is -0.0975. The quantitative estimate of drug-likeness (QED) is 0.365. The lowest BCUT2D eigenvalue weighted by Crippen LogP contribution is -2.31. The van der Waals surface area contributed by atoms with Crippen LogP contribution in [0.5, 0.6) is 0 Å². The maximum absolute atomic E-state index is 12.5. The molecule has 0 saturated heterocycles. The maximum Gasteiger partial charge on any atom is 0.189 e. The third kappa shape index (κ3) is 5.23. The van der Waals surface area contributed by atoms with E-state index in [1.807, 2.05) is 41.3 Å². The maximum atomic E-state index is 12.5. The van der Waals surface area contributed by atoms with Crippen LogP contribution in [0.1, 0.15) is 20.7 Å². The second-order valence-corrected chi connectivity index (χ2v) is 6.06. The molecule has 0 saturated carbocycles. The third-order valence-corrected chi connectivity index (χ3v) is 3.93. The number of ketones is 2. The van der Waals surface area contributed by atoms with Crippen LogP contribution in [-0.2, 0) is 0 Å². The lowest BCUT2D eigenvalue weighted by atomic mass is 10.0. The van der Waals surface area contributed by atoms with Crippen molar-refractivity contribution < 1.29 is 9.59 Å². The Labute approximate surface area is 155 Å². The molecule has 3 nitrogen and oxygen atoms in total. The van der Waals surface area contributed by atoms with Crippen LogP contribution in [0.15, 0.2) is 97.6 Å². The molecule has 2 aromatic carbocycles. The molecule has 0 unspecified atom stereocenters. The summed E-state index contributed by atoms with van der Waals surface area (Å²) < 4.78 is 0. The average Bonchev–Trinajstić information content (AvgIpc) is 2.68. The van der Waals surface area contributed by atoms with Crippen molar-refractivity contribution in [3.8, 4) is 0 Å². The Morgan fingerprint density at radius 1 is 0.769 bits per heavy atom. The van der Waals surface area contributed by atoms with Crippen molar-refractivity contribution in [3.63, 3.8) is 0 Å². The number of benzene rings is 2. The van der Waals surface area contributed by atoms with Gasteiger partial charge in [0.2, 0.25) is 0 Å². The van der Waals surface area contributed by atoms with Crippen molar-refractivity contribution >= 4 is 11.6 Å². The summed E-state index contributed by atoms with van der Waals surface area (Å²) in [4.78, 5) is 26.9. The SMILES string of the molecule is C=CCN(CC(=C)C(=O)c1ccccc1)CC(=C)C(=O)c1ccccc1. The van der Waals surface area contributed by atoms with Crippen LogP contribution in [0.4, 0.5) is 0 Å². The number of hydrogen-bond donors (Lipinski definition) is 0. The summed E-state index contributed by atoms with van der Waals surface area (Å²) in [7, 11) is 0. The molecule has 0 N–H and O–H groups in total. The highest BCUT2D eigenvalue weighted by Crippen LogP contribution is 2.12. The molecule has 0 atom stereocenters. The molecule has 0 aromatic heterocycles. The normalized spacial score (nSPS) is 10.3. The Bertz CT molecular complexity index is 741. The van der Waals surface area contributed by atoms with Crippen LogP contribution in [-0.4, -0.2) is 36.1 Å². The zero-order valence-corrected chi connectivity index (χ0v) is 14.9. The summed E-state index contributed by atoms with van der Waals surface area (Å²) in [6.07, 6.45) is 1.74. The van der Waals surface area contributed by atoms with E-state index in [4.69, 9.17) is 0 Å². The van der Waals surface area contributed by atoms with Gasteiger partial charge in [-0.15, -0.1) is 6.58 Å². The number of hydrogen-bond acceptors (Lipinski definition) is 3. The largest absolute Gasteiger partial charge is 0.291 e. The van der Waals surface area contributed by atoms with E-state index >= 15 is 0 Å². The molecule has 132 valence electrons. The molecule has 0 aliphatic heterocycles. The Hall–Kier alpha value is -3.04. The molecule has 0 spiro atoms. The predicted octanol–water partition coefficient (Wildman–Crippen LogP) is 4.35. The molecular formula is C23H23NO2. The van der Waals surface area contributed by atoms with Crippen LogP contribution in [0.25, 0.3) is 0 Å². The smallest absolute Gasteiger partial charge is 0.189 e. The Morgan fingerprint density at radius 2 is 1.15 bits per heavy atom. The lowest BCUT2D eigenvalue weighted by Gasteiger charge is -2.22. The van der Waals surface area contributed by atoms with Crippen molar-refractivity contribution in [2.45, 2.75) is 0 Å². The zero-order chi connectivity index (χ0) is 18.9. The molecule has 3 heteroatoms. The van der Waals surface area contributed by atoms with Gasteiger partial charge < -0.3 is 0 Å². The van der Waals surface area contributed by atoms with Gasteiger partial charge in [0.25, 0.3) is 0 Å². The molecule has 0 bridgehead atoms. The van der Waals surface area contributed by atoms with Gasteiger partial charge >= 0.3 is 0 Å². The van der Waals surface area contributed by atoms with Crippen LogP contribution < -0.4 is 0 Å². The molecular weight excluding hydrogens is 322 g/mol. The van der Waals surface area contributed by atoms with Gasteiger partial charge in [0, 0.05) is 41.9 Å². The van der Waals surface area contributed by atoms with Crippen molar-refractivity contribution in [2.75, 3.05) is 19.6 Å². The fourth-order valence-electron chi connectivity index (χ4n) is 2.64. The van der Waals surface area contributed by atoms with Gasteiger partial charge in [0.1, 0.15) is 0 Å². The van der Waals surface area contributed by atoms with E-state index in [0.717, 1.165) is 0 Å². The van der Waals surface area contributed by atoms with Gasteiger partial charge in [-0.25, -0.2) is 0 Å². The summed E-state index contributed by atoms with van der Waals surface area (Å²) in [5, 5.41) is 0. The minimum Gasteiger partial charge on any atom is -0.291 e. The number of Topliss-reactive ketones (excluding diaryl/α,β-unsaturated/α-hetero) is 2. The first-order chi connectivity index (χ1) is 12.5. The van der Waals surface area contributed by atoms with E-state index < -0.39 is 0 Å². The van der Waals surface area contributed by atoms with Crippen molar-refractivity contribution in [1.29, 1.82) is 0 Å². The summed E-state index contributed by atoms with van der Waals surface area (Å²) in [6, 6.07) is 18.1. The Morgan fingerprint density at radius 3 is 1.50 bits per heavy atom. The molecule has 0 radical (unpaired) electrons. The highest BCUT2D eigenvalue weighted by atomic mass is 16.1. The predicted molar refractivity (Wildman–Crippen MR) is 106 cm³/mol. The number of nitrogens with zero attached hydrogens (tertiary/aromatic N) is 1. The molecule has 0 aliphatic rings. The fraction of sp³-hybridized carbons (Fsp3) is 0.130. The van der Waals surface area contributed by atoms with Crippen molar-refractivity contribution in [1.82, 2.24) is 4.90 Å². The zero-order valence-electron chi connectivity index (χ0n) is 14.9. The van der Waals surface area contributed by atoms with E-state index in [0.29, 0.717) is 41.9 Å². The summed E-state index contributed by atoms with van der Waals surface area (Å²) in [5.74, 6) is -0.195. The second kappa shape index (κ2) is 9.44. The molecule has 0 aliphatic carbocycles. The van der Waals surface area contributed by atoms with E-state index in [2.05, 4.69) is 19.7 Å². The Kier molecular flexibility index (Phi) is 7.01. The van der Waals surface area contributed by atoms with Crippen LogP contribution in [0, 0.1) is 0 Å². The van der Waals surface area contributed by atoms with Gasteiger partial charge in [-0.3, -0.25) is 14.5 Å². The molecule has 0 amide bonds. The molecule has 0 heterocycles. The first-order valence-electron chi connectivity index (χ1n) is 8.41. The first kappa shape index (κ1) is 19.3. The van der Waals surface area contributed by atoms with Crippen molar-refractivity contribution in [3.05, 3.63) is 109 Å². The van der Waals surface area contributed by atoms with Crippen molar-refractivity contribution in [2.24, 2.45) is 0 Å². The third-order valence-electron chi connectivity index (χ3n) is 3.93. The van der Waals surface area contributed by atoms with Gasteiger partial charge in [-0.05, 0) is 0 Å². The molecule has 26 heavy (non-hydrogen) atoms. The topological polar surface area (TPSA) is 37.4 Å². The van der Waals surface area contributed by atoms with Crippen LogP contribution in [0.3, 0.4) is 0 Å². The van der Waals surface area contributed by atoms with E-state index in [9.17, 15) is 9.59 Å². The van der Waals surface area contributed by atoms with Gasteiger partial charge in [0.15, 0.2) is 11.6 Å². The fourth-order valence-corrected chi connectivity index (χ4v) is 2.64. The monoisotopic (exact) mass is 345 g/mol. The highest BCUT2D eigenvalue weighted by molar-refractivity contribution is 6.09. The second-order valence-electron chi connectivity index (χ2n) is 6.06. The standard InChI is InChI=1S/C23H23NO2/c1-4-15-24(16-18(2)22(25)20-11-7-5-8-12-20)17-19(3)23(26)21-13-9-6-10-14-21/h4-14H,1-3,15-17H2.